The fourth-order valence-corrected chi connectivity index (χ4v) is 3.61. The van der Waals surface area contributed by atoms with E-state index in [1.54, 1.807) is 0 Å². The Morgan fingerprint density at radius 1 is 1.47 bits per heavy atom. The van der Waals surface area contributed by atoms with Gasteiger partial charge in [-0.15, -0.1) is 0 Å². The number of aryl methyl sites for hydroxylation is 1. The van der Waals surface area contributed by atoms with Gasteiger partial charge >= 0.3 is 0 Å². The molecule has 1 saturated carbocycles. The molecule has 1 heterocycles. The zero-order chi connectivity index (χ0) is 10.8. The number of anilines is 1. The first-order chi connectivity index (χ1) is 7.15. The van der Waals surface area contributed by atoms with Gasteiger partial charge in [-0.1, -0.05) is 31.5 Å². The molecule has 2 atom stereocenters. The zero-order valence-corrected chi connectivity index (χ0v) is 10.2. The van der Waals surface area contributed by atoms with Crippen LogP contribution in [0, 0.1) is 12.8 Å². The van der Waals surface area contributed by atoms with E-state index in [0.717, 1.165) is 22.6 Å². The second-order valence-corrected chi connectivity index (χ2v) is 5.84. The van der Waals surface area contributed by atoms with Gasteiger partial charge in [0.1, 0.15) is 16.7 Å². The van der Waals surface area contributed by atoms with E-state index in [9.17, 15) is 0 Å². The topological polar surface area (TPSA) is 54.7 Å². The van der Waals surface area contributed by atoms with Crippen molar-refractivity contribution >= 4 is 17.6 Å². The van der Waals surface area contributed by atoms with Crippen LogP contribution in [0.3, 0.4) is 0 Å². The number of imidazole rings is 1. The summed E-state index contributed by atoms with van der Waals surface area (Å²) in [6.45, 7) is 4.29. The molecule has 3 nitrogen and oxygen atoms in total. The van der Waals surface area contributed by atoms with E-state index in [2.05, 4.69) is 16.9 Å². The Labute approximate surface area is 95.2 Å². The van der Waals surface area contributed by atoms with Crippen molar-refractivity contribution in [3.63, 3.8) is 0 Å². The van der Waals surface area contributed by atoms with Crippen LogP contribution < -0.4 is 5.73 Å². The van der Waals surface area contributed by atoms with Gasteiger partial charge < -0.3 is 10.7 Å². The summed E-state index contributed by atoms with van der Waals surface area (Å²) in [7, 11) is 0. The van der Waals surface area contributed by atoms with Crippen LogP contribution in [0.25, 0.3) is 0 Å². The van der Waals surface area contributed by atoms with E-state index in [1.165, 1.54) is 25.7 Å². The number of hydrogen-bond acceptors (Lipinski definition) is 3. The van der Waals surface area contributed by atoms with E-state index in [-0.39, 0.29) is 0 Å². The van der Waals surface area contributed by atoms with E-state index in [1.807, 2.05) is 18.7 Å². The number of nitrogens with one attached hydrogen (secondary N) is 1. The number of nitrogens with two attached hydrogens (primary N) is 1. The summed E-state index contributed by atoms with van der Waals surface area (Å²) in [5.74, 6) is 2.51. The van der Waals surface area contributed by atoms with Crippen LogP contribution in [0.15, 0.2) is 5.03 Å². The predicted octanol–water partition coefficient (Wildman–Crippen LogP) is 2.97. The van der Waals surface area contributed by atoms with E-state index < -0.39 is 0 Å². The number of aromatic nitrogens is 2. The number of aromatic amines is 1. The Morgan fingerprint density at radius 3 is 2.87 bits per heavy atom. The first-order valence-corrected chi connectivity index (χ1v) is 6.52. The largest absolute Gasteiger partial charge is 0.383 e. The Balaban J connectivity index is 1.99. The minimum atomic E-state index is 0.707. The highest BCUT2D eigenvalue weighted by atomic mass is 32.2. The zero-order valence-electron chi connectivity index (χ0n) is 9.42. The molecule has 84 valence electrons. The van der Waals surface area contributed by atoms with Crippen LogP contribution >= 0.6 is 11.8 Å². The van der Waals surface area contributed by atoms with Gasteiger partial charge in [0.25, 0.3) is 0 Å². The third-order valence-corrected chi connectivity index (χ3v) is 4.28. The Kier molecular flexibility index (Phi) is 3.24. The number of thioether (sulfide) groups is 1. The molecule has 1 fully saturated rings. The Bertz CT molecular complexity index is 335. The molecule has 2 rings (SSSR count). The molecule has 1 aliphatic rings. The third-order valence-electron chi connectivity index (χ3n) is 2.98. The third kappa shape index (κ3) is 2.68. The molecule has 4 heteroatoms. The molecule has 1 aromatic heterocycles. The number of nitrogens with zero attached hydrogens (tertiary/aromatic N) is 1. The van der Waals surface area contributed by atoms with Crippen molar-refractivity contribution in [2.45, 2.75) is 49.8 Å². The van der Waals surface area contributed by atoms with Crippen LogP contribution in [0.4, 0.5) is 5.82 Å². The number of rotatable bonds is 2. The summed E-state index contributed by atoms with van der Waals surface area (Å²) in [6, 6.07) is 0. The first kappa shape index (κ1) is 10.9. The molecule has 3 N–H and O–H groups in total. The van der Waals surface area contributed by atoms with Gasteiger partial charge in [-0.2, -0.15) is 0 Å². The standard InChI is InChI=1S/C11H19N3S/c1-7-4-3-5-9(6-7)15-11-10(12)13-8(2)14-11/h7,9H,3-6,12H2,1-2H3,(H,13,14). The highest BCUT2D eigenvalue weighted by Gasteiger charge is 2.21. The number of hydrogen-bond donors (Lipinski definition) is 2. The molecule has 2 unspecified atom stereocenters. The second-order valence-electron chi connectivity index (χ2n) is 4.55. The number of nitrogen functional groups attached to an aromatic ring is 1. The quantitative estimate of drug-likeness (QED) is 0.813. The van der Waals surface area contributed by atoms with E-state index in [0.29, 0.717) is 5.25 Å². The molecule has 0 amide bonds. The fourth-order valence-electron chi connectivity index (χ4n) is 2.22. The first-order valence-electron chi connectivity index (χ1n) is 5.64. The van der Waals surface area contributed by atoms with Crippen molar-refractivity contribution in [3.05, 3.63) is 5.82 Å². The summed E-state index contributed by atoms with van der Waals surface area (Å²) < 4.78 is 0. The van der Waals surface area contributed by atoms with Crippen LogP contribution in [-0.4, -0.2) is 15.2 Å². The SMILES string of the molecule is Cc1nc(SC2CCCC(C)C2)c(N)[nH]1. The summed E-state index contributed by atoms with van der Waals surface area (Å²) in [5.41, 5.74) is 5.85. The molecular formula is C11H19N3S. The van der Waals surface area contributed by atoms with Crippen molar-refractivity contribution < 1.29 is 0 Å². The molecule has 15 heavy (non-hydrogen) atoms. The molecule has 0 aliphatic heterocycles. The minimum Gasteiger partial charge on any atom is -0.383 e. The van der Waals surface area contributed by atoms with Gasteiger partial charge in [0, 0.05) is 5.25 Å². The van der Waals surface area contributed by atoms with Crippen LogP contribution in [0.1, 0.15) is 38.4 Å². The predicted molar refractivity (Wildman–Crippen MR) is 65.0 cm³/mol. The van der Waals surface area contributed by atoms with Crippen LogP contribution in [0.2, 0.25) is 0 Å². The highest BCUT2D eigenvalue weighted by Crippen LogP contribution is 2.37. The molecular weight excluding hydrogens is 206 g/mol. The lowest BCUT2D eigenvalue weighted by Crippen LogP contribution is -2.15. The molecule has 0 radical (unpaired) electrons. The molecule has 1 aromatic rings. The maximum atomic E-state index is 5.85. The summed E-state index contributed by atoms with van der Waals surface area (Å²) >= 11 is 1.85. The van der Waals surface area contributed by atoms with Crippen LogP contribution in [0.5, 0.6) is 0 Å². The molecule has 0 aromatic carbocycles. The van der Waals surface area contributed by atoms with Gasteiger partial charge in [-0.05, 0) is 25.7 Å². The summed E-state index contributed by atoms with van der Waals surface area (Å²) in [5, 5.41) is 1.70. The monoisotopic (exact) mass is 225 g/mol. The maximum Gasteiger partial charge on any atom is 0.139 e. The van der Waals surface area contributed by atoms with Gasteiger partial charge in [0.15, 0.2) is 0 Å². The van der Waals surface area contributed by atoms with Crippen molar-refractivity contribution in [1.82, 2.24) is 9.97 Å². The normalized spacial score (nSPS) is 26.8. The van der Waals surface area contributed by atoms with Gasteiger partial charge in [-0.3, -0.25) is 0 Å². The summed E-state index contributed by atoms with van der Waals surface area (Å²) in [6.07, 6.45) is 5.34. The lowest BCUT2D eigenvalue weighted by Gasteiger charge is -2.25. The fraction of sp³-hybridized carbons (Fsp3) is 0.727. The molecule has 0 bridgehead atoms. The number of H-pyrrole nitrogens is 1. The van der Waals surface area contributed by atoms with Gasteiger partial charge in [-0.25, -0.2) is 4.98 Å². The van der Waals surface area contributed by atoms with Crippen molar-refractivity contribution in [1.29, 1.82) is 0 Å². The Hall–Kier alpha value is -0.640. The van der Waals surface area contributed by atoms with Crippen molar-refractivity contribution in [2.75, 3.05) is 5.73 Å². The lowest BCUT2D eigenvalue weighted by atomic mass is 9.91. The minimum absolute atomic E-state index is 0.707. The van der Waals surface area contributed by atoms with E-state index >= 15 is 0 Å². The maximum absolute atomic E-state index is 5.85. The van der Waals surface area contributed by atoms with E-state index in [4.69, 9.17) is 5.73 Å². The Morgan fingerprint density at radius 2 is 2.27 bits per heavy atom. The summed E-state index contributed by atoms with van der Waals surface area (Å²) in [4.78, 5) is 7.47. The molecule has 0 saturated heterocycles. The highest BCUT2D eigenvalue weighted by molar-refractivity contribution is 8.00. The average Bonchev–Trinajstić information content (AvgIpc) is 2.45. The second kappa shape index (κ2) is 4.47. The molecule has 0 spiro atoms. The average molecular weight is 225 g/mol. The van der Waals surface area contributed by atoms with Gasteiger partial charge in [0.2, 0.25) is 0 Å². The smallest absolute Gasteiger partial charge is 0.139 e. The molecule has 1 aliphatic carbocycles. The van der Waals surface area contributed by atoms with Crippen LogP contribution in [-0.2, 0) is 0 Å². The lowest BCUT2D eigenvalue weighted by molar-refractivity contribution is 0.394. The van der Waals surface area contributed by atoms with Crippen molar-refractivity contribution in [2.24, 2.45) is 5.92 Å². The van der Waals surface area contributed by atoms with Crippen molar-refractivity contribution in [3.8, 4) is 0 Å². The van der Waals surface area contributed by atoms with Gasteiger partial charge in [0.05, 0.1) is 0 Å².